The van der Waals surface area contributed by atoms with Crippen LogP contribution in [0, 0.1) is 0 Å². The molecular formula is C12H18ClN3O5S. The molecule has 10 heteroatoms. The Hall–Kier alpha value is -1.68. The van der Waals surface area contributed by atoms with Gasteiger partial charge in [0, 0.05) is 5.69 Å². The highest BCUT2D eigenvalue weighted by atomic mass is 35.5. The molecule has 0 radical (unpaired) electrons. The van der Waals surface area contributed by atoms with E-state index in [0.717, 1.165) is 7.11 Å². The number of amides is 1. The quantitative estimate of drug-likeness (QED) is 0.611. The maximum Gasteiger partial charge on any atom is 0.320 e. The predicted molar refractivity (Wildman–Crippen MR) is 83.2 cm³/mol. The van der Waals surface area contributed by atoms with Crippen LogP contribution in [0.1, 0.15) is 6.92 Å². The van der Waals surface area contributed by atoms with Gasteiger partial charge < -0.3 is 15.8 Å². The number of carbonyl (C=O) groups excluding carboxylic acids is 2. The summed E-state index contributed by atoms with van der Waals surface area (Å²) < 4.78 is 30.4. The van der Waals surface area contributed by atoms with Crippen molar-refractivity contribution in [3.8, 4) is 0 Å². The number of methoxy groups -OCH3 is 1. The Morgan fingerprint density at radius 2 is 2.00 bits per heavy atom. The van der Waals surface area contributed by atoms with Gasteiger partial charge >= 0.3 is 5.97 Å². The standard InChI is InChI=1S/C12H17N3O5S.ClH/c1-8(13)12(17)15-9-4-3-5-10(6-9)21(18,19)14-7-11(16)20-2;/h3-6,8,14H,7,13H2,1-2H3,(H,15,17);1H/t8-;/m0./s1. The van der Waals surface area contributed by atoms with Crippen molar-refractivity contribution in [1.29, 1.82) is 0 Å². The smallest absolute Gasteiger partial charge is 0.320 e. The lowest BCUT2D eigenvalue weighted by Gasteiger charge is -2.10. The minimum Gasteiger partial charge on any atom is -0.468 e. The van der Waals surface area contributed by atoms with E-state index in [1.54, 1.807) is 0 Å². The number of esters is 1. The number of carbonyl (C=O) groups is 2. The van der Waals surface area contributed by atoms with Gasteiger partial charge in [-0.1, -0.05) is 6.07 Å². The fourth-order valence-corrected chi connectivity index (χ4v) is 2.32. The van der Waals surface area contributed by atoms with Crippen molar-refractivity contribution < 1.29 is 22.7 Å². The molecule has 124 valence electrons. The molecule has 1 atom stereocenters. The van der Waals surface area contributed by atoms with E-state index >= 15 is 0 Å². The number of rotatable bonds is 6. The molecule has 0 aliphatic heterocycles. The van der Waals surface area contributed by atoms with E-state index in [1.807, 2.05) is 0 Å². The second-order valence-electron chi connectivity index (χ2n) is 4.21. The van der Waals surface area contributed by atoms with Gasteiger partial charge in [0.1, 0.15) is 6.54 Å². The summed E-state index contributed by atoms with van der Waals surface area (Å²) in [5.41, 5.74) is 5.70. The SMILES string of the molecule is COC(=O)CNS(=O)(=O)c1cccc(NC(=O)[C@H](C)N)c1.Cl. The van der Waals surface area contributed by atoms with Crippen molar-refractivity contribution in [1.82, 2.24) is 4.72 Å². The third-order valence-electron chi connectivity index (χ3n) is 2.46. The van der Waals surface area contributed by atoms with E-state index < -0.39 is 34.5 Å². The molecule has 8 nitrogen and oxygen atoms in total. The van der Waals surface area contributed by atoms with Crippen LogP contribution in [0.25, 0.3) is 0 Å². The summed E-state index contributed by atoms with van der Waals surface area (Å²) in [4.78, 5) is 22.3. The lowest BCUT2D eigenvalue weighted by Crippen LogP contribution is -2.32. The second kappa shape index (κ2) is 8.69. The molecule has 0 bridgehead atoms. The van der Waals surface area contributed by atoms with E-state index in [1.165, 1.54) is 31.2 Å². The van der Waals surface area contributed by atoms with Crippen molar-refractivity contribution >= 4 is 40.0 Å². The van der Waals surface area contributed by atoms with Crippen LogP contribution >= 0.6 is 12.4 Å². The number of ether oxygens (including phenoxy) is 1. The zero-order chi connectivity index (χ0) is 16.0. The van der Waals surface area contributed by atoms with Crippen molar-refractivity contribution in [2.75, 3.05) is 19.0 Å². The van der Waals surface area contributed by atoms with Gasteiger partial charge in [0.2, 0.25) is 15.9 Å². The summed E-state index contributed by atoms with van der Waals surface area (Å²) in [6.07, 6.45) is 0. The number of anilines is 1. The van der Waals surface area contributed by atoms with E-state index in [-0.39, 0.29) is 17.3 Å². The molecule has 1 rings (SSSR count). The maximum absolute atomic E-state index is 12.0. The molecule has 0 unspecified atom stereocenters. The van der Waals surface area contributed by atoms with Gasteiger partial charge in [-0.3, -0.25) is 9.59 Å². The van der Waals surface area contributed by atoms with Gasteiger partial charge in [-0.05, 0) is 25.1 Å². The van der Waals surface area contributed by atoms with E-state index in [9.17, 15) is 18.0 Å². The highest BCUT2D eigenvalue weighted by Crippen LogP contribution is 2.15. The number of halogens is 1. The Morgan fingerprint density at radius 1 is 1.36 bits per heavy atom. The van der Waals surface area contributed by atoms with Gasteiger partial charge in [0.25, 0.3) is 0 Å². The normalized spacial score (nSPS) is 12.0. The molecule has 0 aliphatic carbocycles. The molecule has 0 fully saturated rings. The molecular weight excluding hydrogens is 334 g/mol. The Balaban J connectivity index is 0.00000441. The average Bonchev–Trinajstić information content (AvgIpc) is 2.45. The Morgan fingerprint density at radius 3 is 2.55 bits per heavy atom. The number of benzene rings is 1. The topological polar surface area (TPSA) is 128 Å². The molecule has 0 saturated carbocycles. The number of nitrogens with one attached hydrogen (secondary N) is 2. The fraction of sp³-hybridized carbons (Fsp3) is 0.333. The summed E-state index contributed by atoms with van der Waals surface area (Å²) in [6, 6.07) is 4.87. The largest absolute Gasteiger partial charge is 0.468 e. The van der Waals surface area contributed by atoms with Crippen LogP contribution in [0.5, 0.6) is 0 Å². The van der Waals surface area contributed by atoms with Crippen molar-refractivity contribution in [3.05, 3.63) is 24.3 Å². The fourth-order valence-electron chi connectivity index (χ4n) is 1.31. The molecule has 0 aromatic heterocycles. The molecule has 4 N–H and O–H groups in total. The minimum atomic E-state index is -3.88. The van der Waals surface area contributed by atoms with Crippen LogP contribution in [-0.2, 0) is 24.3 Å². The molecule has 1 amide bonds. The second-order valence-corrected chi connectivity index (χ2v) is 5.97. The van der Waals surface area contributed by atoms with Crippen LogP contribution < -0.4 is 15.8 Å². The Kier molecular flexibility index (Phi) is 8.02. The van der Waals surface area contributed by atoms with Crippen LogP contribution in [0.4, 0.5) is 5.69 Å². The number of hydrogen-bond acceptors (Lipinski definition) is 6. The van der Waals surface area contributed by atoms with Crippen LogP contribution in [0.2, 0.25) is 0 Å². The zero-order valence-corrected chi connectivity index (χ0v) is 13.7. The maximum atomic E-state index is 12.0. The molecule has 22 heavy (non-hydrogen) atoms. The average molecular weight is 352 g/mol. The van der Waals surface area contributed by atoms with Gasteiger partial charge in [-0.15, -0.1) is 12.4 Å². The molecule has 0 heterocycles. The third-order valence-corrected chi connectivity index (χ3v) is 3.86. The molecule has 1 aromatic carbocycles. The number of hydrogen-bond donors (Lipinski definition) is 3. The Labute approximate surface area is 134 Å². The first-order valence-electron chi connectivity index (χ1n) is 5.99. The number of sulfonamides is 1. The molecule has 1 aromatic rings. The van der Waals surface area contributed by atoms with Gasteiger partial charge in [-0.25, -0.2) is 8.42 Å². The van der Waals surface area contributed by atoms with Gasteiger partial charge in [0.15, 0.2) is 0 Å². The van der Waals surface area contributed by atoms with E-state index in [4.69, 9.17) is 5.73 Å². The summed E-state index contributed by atoms with van der Waals surface area (Å²) in [6.45, 7) is 1.03. The van der Waals surface area contributed by atoms with Crippen molar-refractivity contribution in [2.45, 2.75) is 17.9 Å². The number of nitrogens with two attached hydrogens (primary N) is 1. The lowest BCUT2D eigenvalue weighted by atomic mass is 10.3. The van der Waals surface area contributed by atoms with Gasteiger partial charge in [-0.2, -0.15) is 4.72 Å². The highest BCUT2D eigenvalue weighted by molar-refractivity contribution is 7.89. The third kappa shape index (κ3) is 5.98. The summed E-state index contributed by atoms with van der Waals surface area (Å²) in [7, 11) is -2.72. The molecule has 0 spiro atoms. The monoisotopic (exact) mass is 351 g/mol. The lowest BCUT2D eigenvalue weighted by molar-refractivity contribution is -0.139. The zero-order valence-electron chi connectivity index (χ0n) is 12.0. The van der Waals surface area contributed by atoms with E-state index in [0.29, 0.717) is 5.69 Å². The van der Waals surface area contributed by atoms with Crippen molar-refractivity contribution in [2.24, 2.45) is 5.73 Å². The summed E-state index contributed by atoms with van der Waals surface area (Å²) in [5.74, 6) is -1.15. The highest BCUT2D eigenvalue weighted by Gasteiger charge is 2.17. The first-order valence-corrected chi connectivity index (χ1v) is 7.47. The van der Waals surface area contributed by atoms with Crippen molar-refractivity contribution in [3.63, 3.8) is 0 Å². The molecule has 0 saturated heterocycles. The predicted octanol–water partition coefficient (Wildman–Crippen LogP) is -0.155. The van der Waals surface area contributed by atoms with E-state index in [2.05, 4.69) is 14.8 Å². The van der Waals surface area contributed by atoms with Crippen LogP contribution in [0.3, 0.4) is 0 Å². The minimum absolute atomic E-state index is 0. The van der Waals surface area contributed by atoms with Crippen LogP contribution in [-0.4, -0.2) is 40.0 Å². The molecule has 0 aliphatic rings. The first-order chi connectivity index (χ1) is 9.76. The first kappa shape index (κ1) is 20.3. The Bertz CT molecular complexity index is 633. The van der Waals surface area contributed by atoms with Gasteiger partial charge in [0.05, 0.1) is 18.0 Å². The summed E-state index contributed by atoms with van der Waals surface area (Å²) in [5, 5.41) is 2.48. The van der Waals surface area contributed by atoms with Crippen LogP contribution in [0.15, 0.2) is 29.2 Å². The summed E-state index contributed by atoms with van der Waals surface area (Å²) >= 11 is 0.